The lowest BCUT2D eigenvalue weighted by Crippen LogP contribution is -3.00. The summed E-state index contributed by atoms with van der Waals surface area (Å²) >= 11 is 0. The number of aromatic nitrogens is 6. The molecule has 15 heteroatoms. The normalized spacial score (nSPS) is 11.9. The highest BCUT2D eigenvalue weighted by atomic mass is 79.9. The van der Waals surface area contributed by atoms with Crippen molar-refractivity contribution < 1.29 is 129 Å². The minimum atomic E-state index is 0. The van der Waals surface area contributed by atoms with Crippen LogP contribution < -0.4 is 116 Å². The van der Waals surface area contributed by atoms with Gasteiger partial charge in [-0.3, -0.25) is 0 Å². The predicted molar refractivity (Wildman–Crippen MR) is 313 cm³/mol. The highest BCUT2D eigenvalue weighted by molar-refractivity contribution is 5.96. The topological polar surface area (TPSA) is 26.4 Å². The number of fused-ring (bicyclic) bond motifs is 6. The van der Waals surface area contributed by atoms with Crippen molar-refractivity contribution in [1.29, 1.82) is 0 Å². The van der Waals surface area contributed by atoms with Gasteiger partial charge in [-0.25, -0.2) is 27.4 Å². The van der Waals surface area contributed by atoms with Crippen LogP contribution >= 0.6 is 0 Å². The summed E-state index contributed by atoms with van der Waals surface area (Å²) in [4.78, 5) is 0. The molecule has 0 saturated carbocycles. The zero-order valence-electron chi connectivity index (χ0n) is 50.0. The van der Waals surface area contributed by atoms with Gasteiger partial charge < -0.3 is 115 Å². The van der Waals surface area contributed by atoms with E-state index in [-0.39, 0.29) is 102 Å². The first kappa shape index (κ1) is 70.0. The summed E-state index contributed by atoms with van der Waals surface area (Å²) in [5.74, 6) is 0. The van der Waals surface area contributed by atoms with Crippen molar-refractivity contribution in [1.82, 2.24) is 13.7 Å². The molecule has 0 aliphatic carbocycles. The van der Waals surface area contributed by atoms with Gasteiger partial charge in [-0.15, -0.1) is 0 Å². The molecule has 7 aromatic carbocycles. The maximum absolute atomic E-state index is 2.61. The fourth-order valence-corrected chi connectivity index (χ4v) is 12.4. The highest BCUT2D eigenvalue weighted by Crippen LogP contribution is 2.34. The average Bonchev–Trinajstić information content (AvgIpc) is 4.00. The lowest BCUT2D eigenvalue weighted by atomic mass is 9.83. The van der Waals surface area contributed by atoms with E-state index in [1.165, 1.54) is 98.8 Å². The number of aryl methyl sites for hydroxylation is 3. The smallest absolute Gasteiger partial charge is 0.245 e. The lowest BCUT2D eigenvalue weighted by Gasteiger charge is -2.24. The van der Waals surface area contributed by atoms with Gasteiger partial charge in [0, 0.05) is 36.0 Å². The second-order valence-corrected chi connectivity index (χ2v) is 24.9. The summed E-state index contributed by atoms with van der Waals surface area (Å²) in [5.41, 5.74) is 16.9. The first-order chi connectivity index (χ1) is 35.9. The molecule has 0 saturated heterocycles. The zero-order chi connectivity index (χ0) is 52.8. The van der Waals surface area contributed by atoms with Gasteiger partial charge in [-0.05, 0) is 105 Å². The Balaban J connectivity index is 0.00000235. The summed E-state index contributed by atoms with van der Waals surface area (Å²) in [6, 6.07) is 41.5. The number of quaternary nitrogens is 3. The second kappa shape index (κ2) is 29.1. The van der Waals surface area contributed by atoms with Crippen molar-refractivity contribution in [3.05, 3.63) is 162 Å². The molecule has 0 atom stereocenters. The van der Waals surface area contributed by atoms with Crippen LogP contribution in [-0.4, -0.2) is 110 Å². The molecular formula is C66H87Br6N9. The van der Waals surface area contributed by atoms with Crippen molar-refractivity contribution in [2.24, 2.45) is 0 Å². The molecule has 0 fully saturated rings. The van der Waals surface area contributed by atoms with E-state index < -0.39 is 0 Å². The number of hydrogen-bond acceptors (Lipinski definition) is 0. The standard InChI is InChI=1S/C66H87N9.6BrH/c1-13-55-58(43-70-46-67(31-22-34-73(4,5)6)61-37-49-25-16-19-28-52(49)40-64(61)70)56(14-2)60(45-72-48-69(33-24-36-75(10,11)12)63-39-51-27-18-21-30-54(51)42-66(63)72)57(15-3)59(55)44-71-47-68(32-23-35-74(7,8)9)62-38-50-26-17-20-29-53(50)41-65(62)71;;;;;;/h16-21,25-30,37-42,46-48H,13-15,22-24,31-36,43-45H2,1-12H3;6*1H/q+6;;;;;;/p-6. The molecule has 0 spiro atoms. The van der Waals surface area contributed by atoms with E-state index in [2.05, 4.69) is 240 Å². The van der Waals surface area contributed by atoms with Crippen LogP contribution in [0.15, 0.2) is 128 Å². The van der Waals surface area contributed by atoms with Gasteiger partial charge in [0.1, 0.15) is 19.6 Å². The Morgan fingerprint density at radius 1 is 0.321 bits per heavy atom. The van der Waals surface area contributed by atoms with Crippen LogP contribution in [0, 0.1) is 0 Å². The molecule has 0 unspecified atom stereocenters. The maximum Gasteiger partial charge on any atom is 0.245 e. The van der Waals surface area contributed by atoms with Gasteiger partial charge in [0.25, 0.3) is 0 Å². The van der Waals surface area contributed by atoms with Crippen molar-refractivity contribution in [3.8, 4) is 0 Å². The van der Waals surface area contributed by atoms with Crippen LogP contribution in [0.2, 0.25) is 0 Å². The second-order valence-electron chi connectivity index (χ2n) is 24.9. The first-order valence-electron chi connectivity index (χ1n) is 28.2. The third-order valence-electron chi connectivity index (χ3n) is 16.1. The predicted octanol–water partition coefficient (Wildman–Crippen LogP) is -6.98. The molecule has 0 radical (unpaired) electrons. The Morgan fingerprint density at radius 3 is 0.753 bits per heavy atom. The van der Waals surface area contributed by atoms with Gasteiger partial charge in [0.2, 0.25) is 19.0 Å². The van der Waals surface area contributed by atoms with E-state index in [4.69, 9.17) is 0 Å². The molecule has 438 valence electrons. The van der Waals surface area contributed by atoms with E-state index in [0.717, 1.165) is 111 Å². The molecule has 0 N–H and O–H groups in total. The molecule has 0 aliphatic rings. The minimum absolute atomic E-state index is 0. The molecule has 10 rings (SSSR count). The van der Waals surface area contributed by atoms with Crippen LogP contribution in [0.25, 0.3) is 65.4 Å². The molecule has 3 heterocycles. The average molecular weight is 1490 g/mol. The quantitative estimate of drug-likeness (QED) is 0.0507. The number of rotatable bonds is 21. The number of hydrogen-bond donors (Lipinski definition) is 0. The van der Waals surface area contributed by atoms with Crippen LogP contribution in [0.5, 0.6) is 0 Å². The van der Waals surface area contributed by atoms with Crippen molar-refractivity contribution in [2.45, 2.75) is 98.6 Å². The van der Waals surface area contributed by atoms with Crippen LogP contribution in [-0.2, 0) is 58.5 Å². The lowest BCUT2D eigenvalue weighted by molar-refractivity contribution is -0.870. The SMILES string of the molecule is CCc1c(C[n+]2cn(CCC[N+](C)(C)C)c3cc4ccccc4cc32)c(CC)c(C[n+]2cn(CCC[N+](C)(C)C)c3cc4ccccc4cc32)c(CC)c1C[n+]1cn(CCC[N+](C)(C)C)c2cc3ccccc3cc21.[Br-].[Br-].[Br-].[Br-].[Br-].[Br-]. The van der Waals surface area contributed by atoms with E-state index in [0.29, 0.717) is 0 Å². The van der Waals surface area contributed by atoms with Gasteiger partial charge >= 0.3 is 0 Å². The Kier molecular flexibility index (Phi) is 25.1. The molecule has 0 bridgehead atoms. The highest BCUT2D eigenvalue weighted by Gasteiger charge is 2.30. The molecule has 10 aromatic rings. The van der Waals surface area contributed by atoms with Crippen molar-refractivity contribution >= 4 is 65.4 Å². The number of imidazole rings is 3. The van der Waals surface area contributed by atoms with E-state index in [1.54, 1.807) is 0 Å². The molecule has 9 nitrogen and oxygen atoms in total. The van der Waals surface area contributed by atoms with E-state index in [9.17, 15) is 0 Å². The zero-order valence-corrected chi connectivity index (χ0v) is 59.5. The maximum atomic E-state index is 2.61. The van der Waals surface area contributed by atoms with Crippen LogP contribution in [0.4, 0.5) is 0 Å². The molecule has 81 heavy (non-hydrogen) atoms. The number of benzene rings is 7. The van der Waals surface area contributed by atoms with Crippen LogP contribution in [0.3, 0.4) is 0 Å². The third-order valence-corrected chi connectivity index (χ3v) is 16.1. The van der Waals surface area contributed by atoms with E-state index in [1.807, 2.05) is 0 Å². The van der Waals surface area contributed by atoms with Gasteiger partial charge in [-0.1, -0.05) is 93.6 Å². The summed E-state index contributed by atoms with van der Waals surface area (Å²) in [5, 5.41) is 7.77. The number of halogens is 6. The molecule has 0 aliphatic heterocycles. The summed E-state index contributed by atoms with van der Waals surface area (Å²) in [6.45, 7) is 16.0. The fraction of sp³-hybridized carbons (Fsp3) is 0.409. The summed E-state index contributed by atoms with van der Waals surface area (Å²) in [7, 11) is 20.8. The molecular weight excluding hydrogens is 1400 g/mol. The van der Waals surface area contributed by atoms with Crippen molar-refractivity contribution in [3.63, 3.8) is 0 Å². The number of nitrogens with zero attached hydrogens (tertiary/aromatic N) is 9. The Labute approximate surface area is 546 Å². The first-order valence-corrected chi connectivity index (χ1v) is 28.2. The van der Waals surface area contributed by atoms with Gasteiger partial charge in [-0.2, -0.15) is 0 Å². The van der Waals surface area contributed by atoms with Crippen molar-refractivity contribution in [2.75, 3.05) is 83.1 Å². The monoisotopic (exact) mass is 1480 g/mol. The van der Waals surface area contributed by atoms with Gasteiger partial charge in [0.15, 0.2) is 33.1 Å². The van der Waals surface area contributed by atoms with Gasteiger partial charge in [0.05, 0.1) is 103 Å². The largest absolute Gasteiger partial charge is 1.00 e. The Morgan fingerprint density at radius 2 is 0.543 bits per heavy atom. The summed E-state index contributed by atoms with van der Waals surface area (Å²) < 4.78 is 18.4. The Hall–Kier alpha value is -3.51. The molecule has 0 amide bonds. The molecule has 3 aromatic heterocycles. The third kappa shape index (κ3) is 15.7. The summed E-state index contributed by atoms with van der Waals surface area (Å²) in [6.07, 6.45) is 13.6. The van der Waals surface area contributed by atoms with Crippen LogP contribution in [0.1, 0.15) is 73.4 Å². The fourth-order valence-electron chi connectivity index (χ4n) is 12.4. The Bertz CT molecular complexity index is 3320. The minimum Gasteiger partial charge on any atom is -1.00 e. The van der Waals surface area contributed by atoms with E-state index >= 15 is 0 Å².